The third-order valence-corrected chi connectivity index (χ3v) is 3.77. The summed E-state index contributed by atoms with van der Waals surface area (Å²) in [6.45, 7) is 0.672. The maximum atomic E-state index is 5.92. The Morgan fingerprint density at radius 1 is 1.35 bits per heavy atom. The highest BCUT2D eigenvalue weighted by Gasteiger charge is 2.29. The Labute approximate surface area is 115 Å². The summed E-state index contributed by atoms with van der Waals surface area (Å²) in [4.78, 5) is 5.39. The van der Waals surface area contributed by atoms with E-state index in [0.29, 0.717) is 6.61 Å². The largest absolute Gasteiger partial charge is 0.417 e. The van der Waals surface area contributed by atoms with E-state index in [-0.39, 0.29) is 6.10 Å². The molecule has 0 radical (unpaired) electrons. The highest BCUT2D eigenvalue weighted by Crippen LogP contribution is 2.36. The number of aromatic nitrogens is 2. The van der Waals surface area contributed by atoms with Crippen LogP contribution < -0.4 is 4.84 Å². The second-order valence-electron chi connectivity index (χ2n) is 4.84. The van der Waals surface area contributed by atoms with Gasteiger partial charge in [0, 0.05) is 22.9 Å². The first-order chi connectivity index (χ1) is 9.88. The monoisotopic (exact) mass is 270 g/mol. The van der Waals surface area contributed by atoms with E-state index in [2.05, 4.69) is 11.2 Å². The average molecular weight is 270 g/mol. The van der Waals surface area contributed by atoms with Gasteiger partial charge in [-0.05, 0) is 6.07 Å². The van der Waals surface area contributed by atoms with Crippen molar-refractivity contribution in [2.45, 2.75) is 12.5 Å². The maximum Gasteiger partial charge on any atom is 0.130 e. The van der Waals surface area contributed by atoms with Gasteiger partial charge in [0.25, 0.3) is 0 Å². The molecule has 4 rings (SSSR count). The standard InChI is InChI=1S/C15H14N2O3/c1-18-17-8-12(11-4-2-3-5-13(11)17)15-14-10(6-7-19-15)9-20-16-14/h2-5,8-9,15H,6-7H2,1H3. The van der Waals surface area contributed by atoms with E-state index in [0.717, 1.165) is 34.1 Å². The second kappa shape index (κ2) is 4.38. The van der Waals surface area contributed by atoms with Crippen LogP contribution in [0.3, 0.4) is 0 Å². The average Bonchev–Trinajstić information content (AvgIpc) is 3.11. The van der Waals surface area contributed by atoms with Crippen LogP contribution in [0.2, 0.25) is 0 Å². The molecular formula is C15H14N2O3. The third kappa shape index (κ3) is 1.56. The van der Waals surface area contributed by atoms with Gasteiger partial charge in [0.05, 0.1) is 18.3 Å². The Hall–Kier alpha value is -2.27. The lowest BCUT2D eigenvalue weighted by atomic mass is 9.99. The maximum absolute atomic E-state index is 5.92. The van der Waals surface area contributed by atoms with E-state index in [1.54, 1.807) is 18.1 Å². The van der Waals surface area contributed by atoms with Crippen LogP contribution in [-0.4, -0.2) is 23.6 Å². The molecule has 3 aromatic rings. The molecule has 1 aromatic carbocycles. The first kappa shape index (κ1) is 11.5. The minimum Gasteiger partial charge on any atom is -0.417 e. The lowest BCUT2D eigenvalue weighted by Crippen LogP contribution is -2.16. The number of fused-ring (bicyclic) bond motifs is 2. The van der Waals surface area contributed by atoms with Gasteiger partial charge in [-0.2, -0.15) is 4.73 Å². The topological polar surface area (TPSA) is 49.4 Å². The Morgan fingerprint density at radius 2 is 2.25 bits per heavy atom. The highest BCUT2D eigenvalue weighted by molar-refractivity contribution is 5.84. The van der Waals surface area contributed by atoms with Gasteiger partial charge in [-0.25, -0.2) is 0 Å². The summed E-state index contributed by atoms with van der Waals surface area (Å²) in [7, 11) is 1.65. The zero-order valence-corrected chi connectivity index (χ0v) is 11.1. The fourth-order valence-corrected chi connectivity index (χ4v) is 2.81. The molecule has 0 fully saturated rings. The molecule has 0 amide bonds. The Kier molecular flexibility index (Phi) is 2.53. The third-order valence-electron chi connectivity index (χ3n) is 3.77. The first-order valence-electron chi connectivity index (χ1n) is 6.57. The molecule has 5 nitrogen and oxygen atoms in total. The van der Waals surface area contributed by atoms with Crippen LogP contribution in [0.25, 0.3) is 10.9 Å². The second-order valence-corrected chi connectivity index (χ2v) is 4.84. The molecule has 2 aromatic heterocycles. The van der Waals surface area contributed by atoms with Crippen molar-refractivity contribution in [2.24, 2.45) is 0 Å². The summed E-state index contributed by atoms with van der Waals surface area (Å²) in [5.74, 6) is 0. The van der Waals surface area contributed by atoms with Crippen molar-refractivity contribution in [2.75, 3.05) is 13.7 Å². The lowest BCUT2D eigenvalue weighted by Gasteiger charge is -2.20. The molecule has 0 spiro atoms. The van der Waals surface area contributed by atoms with Gasteiger partial charge < -0.3 is 14.1 Å². The molecule has 0 N–H and O–H groups in total. The van der Waals surface area contributed by atoms with Crippen LogP contribution in [0.1, 0.15) is 22.9 Å². The minimum atomic E-state index is -0.196. The molecule has 1 atom stereocenters. The fraction of sp³-hybridized carbons (Fsp3) is 0.267. The van der Waals surface area contributed by atoms with Gasteiger partial charge >= 0.3 is 0 Å². The summed E-state index contributed by atoms with van der Waals surface area (Å²) in [5.41, 5.74) is 4.06. The molecule has 0 aliphatic carbocycles. The van der Waals surface area contributed by atoms with Crippen LogP contribution in [-0.2, 0) is 11.2 Å². The molecule has 102 valence electrons. The highest BCUT2D eigenvalue weighted by atomic mass is 16.6. The zero-order valence-electron chi connectivity index (χ0n) is 11.1. The van der Waals surface area contributed by atoms with E-state index >= 15 is 0 Å². The molecule has 0 saturated heterocycles. The van der Waals surface area contributed by atoms with E-state index in [9.17, 15) is 0 Å². The quantitative estimate of drug-likeness (QED) is 0.717. The molecule has 1 aliphatic rings. The predicted molar refractivity (Wildman–Crippen MR) is 72.4 cm³/mol. The van der Waals surface area contributed by atoms with E-state index in [4.69, 9.17) is 14.1 Å². The SMILES string of the molecule is COn1cc(C2OCCc3conc32)c2ccccc21. The number of ether oxygens (including phenoxy) is 1. The van der Waals surface area contributed by atoms with Gasteiger partial charge in [-0.15, -0.1) is 0 Å². The van der Waals surface area contributed by atoms with Crippen molar-refractivity contribution in [3.63, 3.8) is 0 Å². The van der Waals surface area contributed by atoms with Crippen LogP contribution in [0.4, 0.5) is 0 Å². The Morgan fingerprint density at radius 3 is 3.15 bits per heavy atom. The molecule has 1 aliphatic heterocycles. The van der Waals surface area contributed by atoms with Gasteiger partial charge in [0.15, 0.2) is 0 Å². The van der Waals surface area contributed by atoms with Gasteiger partial charge in [0.2, 0.25) is 0 Å². The number of nitrogens with zero attached hydrogens (tertiary/aromatic N) is 2. The van der Waals surface area contributed by atoms with Crippen molar-refractivity contribution in [1.29, 1.82) is 0 Å². The molecule has 5 heteroatoms. The van der Waals surface area contributed by atoms with Gasteiger partial charge in [-0.3, -0.25) is 0 Å². The summed E-state index contributed by atoms with van der Waals surface area (Å²) in [6, 6.07) is 8.09. The molecule has 3 heterocycles. The van der Waals surface area contributed by atoms with Crippen molar-refractivity contribution >= 4 is 10.9 Å². The first-order valence-corrected chi connectivity index (χ1v) is 6.57. The van der Waals surface area contributed by atoms with Gasteiger partial charge in [0.1, 0.15) is 25.2 Å². The lowest BCUT2D eigenvalue weighted by molar-refractivity contribution is 0.0656. The predicted octanol–water partition coefficient (Wildman–Crippen LogP) is 2.35. The molecule has 1 unspecified atom stereocenters. The van der Waals surface area contributed by atoms with Crippen LogP contribution in [0.15, 0.2) is 41.2 Å². The Bertz CT molecular complexity index is 759. The summed E-state index contributed by atoms with van der Waals surface area (Å²) in [5, 5.41) is 5.21. The zero-order chi connectivity index (χ0) is 13.5. The number of rotatable bonds is 2. The number of hydrogen-bond donors (Lipinski definition) is 0. The molecule has 0 bridgehead atoms. The van der Waals surface area contributed by atoms with Crippen LogP contribution in [0.5, 0.6) is 0 Å². The van der Waals surface area contributed by atoms with Crippen molar-refractivity contribution in [3.8, 4) is 0 Å². The van der Waals surface area contributed by atoms with Crippen molar-refractivity contribution in [3.05, 3.63) is 53.5 Å². The summed E-state index contributed by atoms with van der Waals surface area (Å²) < 4.78 is 12.8. The van der Waals surface area contributed by atoms with Gasteiger partial charge in [-0.1, -0.05) is 23.4 Å². The number of hydrogen-bond acceptors (Lipinski definition) is 4. The van der Waals surface area contributed by atoms with Crippen LogP contribution >= 0.6 is 0 Å². The van der Waals surface area contributed by atoms with E-state index in [1.807, 2.05) is 24.4 Å². The molecule has 0 saturated carbocycles. The Balaban J connectivity index is 1.92. The summed E-state index contributed by atoms with van der Waals surface area (Å²) in [6.07, 6.45) is 4.32. The number of benzene rings is 1. The molecule has 20 heavy (non-hydrogen) atoms. The molecular weight excluding hydrogens is 256 g/mol. The van der Waals surface area contributed by atoms with Crippen molar-refractivity contribution in [1.82, 2.24) is 9.89 Å². The van der Waals surface area contributed by atoms with Crippen LogP contribution in [0, 0.1) is 0 Å². The normalized spacial score (nSPS) is 18.1. The van der Waals surface area contributed by atoms with E-state index in [1.165, 1.54) is 0 Å². The minimum absolute atomic E-state index is 0.196. The van der Waals surface area contributed by atoms with E-state index < -0.39 is 0 Å². The fourth-order valence-electron chi connectivity index (χ4n) is 2.81. The smallest absolute Gasteiger partial charge is 0.130 e. The summed E-state index contributed by atoms with van der Waals surface area (Å²) >= 11 is 0. The number of para-hydroxylation sites is 1. The van der Waals surface area contributed by atoms with Crippen molar-refractivity contribution < 1.29 is 14.1 Å².